The van der Waals surface area contributed by atoms with Gasteiger partial charge >= 0.3 is 19.9 Å². The summed E-state index contributed by atoms with van der Waals surface area (Å²) in [6, 6.07) is 0. The summed E-state index contributed by atoms with van der Waals surface area (Å²) in [6.07, 6.45) is -1.03. The zero-order chi connectivity index (χ0) is 28.1. The van der Waals surface area contributed by atoms with Gasteiger partial charge < -0.3 is 38.3 Å². The fraction of sp³-hybridized carbons (Fsp3) is 0.667. The Morgan fingerprint density at radius 3 is 2.13 bits per heavy atom. The lowest BCUT2D eigenvalue weighted by molar-refractivity contribution is -0.0369. The molecule has 1 atom stereocenters. The minimum Gasteiger partial charge on any atom is -0.432 e. The Balaban J connectivity index is 1.99. The van der Waals surface area contributed by atoms with Gasteiger partial charge in [0.25, 0.3) is 0 Å². The Kier molecular flexibility index (Phi) is 12.6. The molecule has 2 aromatic heterocycles. The SMILES string of the molecule is COCNc1ncnc2c1ncn2C[C@@H](C)OCP(=O)(OCOC(=O)OC(C)C)OCOC(=O)OC(C)C. The smallest absolute Gasteiger partial charge is 0.432 e. The summed E-state index contributed by atoms with van der Waals surface area (Å²) in [5, 5.41) is 2.98. The van der Waals surface area contributed by atoms with Gasteiger partial charge in [0.1, 0.15) is 24.9 Å². The molecule has 1 N–H and O–H groups in total. The first kappa shape index (κ1) is 31.2. The van der Waals surface area contributed by atoms with Gasteiger partial charge in [-0.05, 0) is 34.6 Å². The van der Waals surface area contributed by atoms with Crippen LogP contribution in [0.4, 0.5) is 15.4 Å². The highest BCUT2D eigenvalue weighted by molar-refractivity contribution is 7.53. The maximum absolute atomic E-state index is 13.2. The van der Waals surface area contributed by atoms with Gasteiger partial charge in [-0.15, -0.1) is 0 Å². The van der Waals surface area contributed by atoms with Crippen molar-refractivity contribution in [3.63, 3.8) is 0 Å². The van der Waals surface area contributed by atoms with Crippen LogP contribution in [0.1, 0.15) is 34.6 Å². The van der Waals surface area contributed by atoms with Crippen LogP contribution in [0.3, 0.4) is 0 Å². The van der Waals surface area contributed by atoms with Crippen LogP contribution >= 0.6 is 7.60 Å². The van der Waals surface area contributed by atoms with Gasteiger partial charge in [-0.25, -0.2) is 24.5 Å². The minimum atomic E-state index is -4.07. The summed E-state index contributed by atoms with van der Waals surface area (Å²) < 4.78 is 55.0. The molecular formula is C21H34N5O11P. The molecule has 0 fully saturated rings. The van der Waals surface area contributed by atoms with Crippen LogP contribution in [0.15, 0.2) is 12.7 Å². The first-order valence-electron chi connectivity index (χ1n) is 11.6. The molecule has 0 radical (unpaired) electrons. The number of ether oxygens (including phenoxy) is 6. The Morgan fingerprint density at radius 1 is 0.974 bits per heavy atom. The van der Waals surface area contributed by atoms with Crippen molar-refractivity contribution >= 4 is 36.9 Å². The van der Waals surface area contributed by atoms with E-state index < -0.39 is 58.2 Å². The molecule has 2 rings (SSSR count). The van der Waals surface area contributed by atoms with E-state index in [1.54, 1.807) is 52.6 Å². The number of carbonyl (C=O) groups is 2. The molecule has 0 saturated heterocycles. The molecule has 0 aliphatic rings. The fourth-order valence-electron chi connectivity index (χ4n) is 2.71. The highest BCUT2D eigenvalue weighted by Gasteiger charge is 2.29. The normalized spacial score (nSPS) is 12.5. The van der Waals surface area contributed by atoms with E-state index in [9.17, 15) is 14.2 Å². The van der Waals surface area contributed by atoms with Crippen LogP contribution in [0.5, 0.6) is 0 Å². The Bertz CT molecular complexity index is 1050. The average Bonchev–Trinajstić information content (AvgIpc) is 3.24. The predicted molar refractivity (Wildman–Crippen MR) is 131 cm³/mol. The topological polar surface area (TPSA) is 181 Å². The van der Waals surface area contributed by atoms with E-state index in [0.717, 1.165) is 0 Å². The van der Waals surface area contributed by atoms with Crippen LogP contribution in [0.25, 0.3) is 11.2 Å². The van der Waals surface area contributed by atoms with E-state index in [4.69, 9.17) is 37.5 Å². The lowest BCUT2D eigenvalue weighted by Crippen LogP contribution is -2.20. The third kappa shape index (κ3) is 10.8. The Morgan fingerprint density at radius 2 is 1.58 bits per heavy atom. The van der Waals surface area contributed by atoms with Crippen molar-refractivity contribution in [3.05, 3.63) is 12.7 Å². The number of rotatable bonds is 16. The molecule has 16 nitrogen and oxygen atoms in total. The van der Waals surface area contributed by atoms with Crippen LogP contribution in [-0.4, -0.2) is 83.9 Å². The van der Waals surface area contributed by atoms with Crippen molar-refractivity contribution < 1.29 is 51.6 Å². The van der Waals surface area contributed by atoms with Crippen LogP contribution < -0.4 is 5.32 Å². The third-order valence-corrected chi connectivity index (χ3v) is 5.74. The molecule has 0 aromatic carbocycles. The van der Waals surface area contributed by atoms with Gasteiger partial charge in [-0.3, -0.25) is 13.6 Å². The monoisotopic (exact) mass is 563 g/mol. The maximum atomic E-state index is 13.2. The number of aromatic nitrogens is 4. The van der Waals surface area contributed by atoms with Crippen molar-refractivity contribution in [2.75, 3.05) is 39.1 Å². The second-order valence-electron chi connectivity index (χ2n) is 8.23. The zero-order valence-corrected chi connectivity index (χ0v) is 23.0. The summed E-state index contributed by atoms with van der Waals surface area (Å²) in [6.45, 7) is 7.24. The summed E-state index contributed by atoms with van der Waals surface area (Å²) in [4.78, 5) is 35.9. The second-order valence-corrected chi connectivity index (χ2v) is 10.2. The number of nitrogens with one attached hydrogen (secondary N) is 1. The number of nitrogens with zero attached hydrogens (tertiary/aromatic N) is 4. The summed E-state index contributed by atoms with van der Waals surface area (Å²) in [5.41, 5.74) is 1.07. The van der Waals surface area contributed by atoms with Gasteiger partial charge in [0.05, 0.1) is 31.2 Å². The molecule has 0 bridgehead atoms. The first-order chi connectivity index (χ1) is 18.0. The van der Waals surface area contributed by atoms with Crippen molar-refractivity contribution in [2.24, 2.45) is 0 Å². The number of hydrogen-bond acceptors (Lipinski definition) is 15. The number of fused-ring (bicyclic) bond motifs is 1. The van der Waals surface area contributed by atoms with Gasteiger partial charge in [0, 0.05) is 7.11 Å². The molecule has 0 amide bonds. The summed E-state index contributed by atoms with van der Waals surface area (Å²) in [7, 11) is -2.53. The molecule has 0 saturated carbocycles. The van der Waals surface area contributed by atoms with E-state index in [0.29, 0.717) is 17.0 Å². The lowest BCUT2D eigenvalue weighted by Gasteiger charge is -2.21. The van der Waals surface area contributed by atoms with Crippen LogP contribution in [0.2, 0.25) is 0 Å². The molecule has 0 spiro atoms. The van der Waals surface area contributed by atoms with Gasteiger partial charge in [0.15, 0.2) is 11.5 Å². The number of methoxy groups -OCH3 is 1. The van der Waals surface area contributed by atoms with Gasteiger partial charge in [-0.2, -0.15) is 0 Å². The number of imidazole rings is 1. The molecule has 214 valence electrons. The standard InChI is InChI=1S/C21H34N5O11P/c1-14(2)36-20(27)31-11-34-38(29,35-12-32-21(28)37-15(3)4)13-33-16(5)7-26-9-24-17-18(25-10-30-6)22-8-23-19(17)26/h8-9,14-16H,7,10-13H2,1-6H3,(H,22,23,25)/t16-/m1/s1. The van der Waals surface area contributed by atoms with Crippen molar-refractivity contribution in [3.8, 4) is 0 Å². The summed E-state index contributed by atoms with van der Waals surface area (Å²) in [5.74, 6) is 0.502. The fourth-order valence-corrected chi connectivity index (χ4v) is 3.79. The predicted octanol–water partition coefficient (Wildman–Crippen LogP) is 3.47. The molecule has 0 aliphatic carbocycles. The summed E-state index contributed by atoms with van der Waals surface area (Å²) >= 11 is 0. The van der Waals surface area contributed by atoms with Crippen molar-refractivity contribution in [1.82, 2.24) is 19.5 Å². The van der Waals surface area contributed by atoms with E-state index in [1.165, 1.54) is 6.33 Å². The molecule has 2 aromatic rings. The van der Waals surface area contributed by atoms with Crippen molar-refractivity contribution in [2.45, 2.75) is 59.5 Å². The van der Waals surface area contributed by atoms with E-state index >= 15 is 0 Å². The largest absolute Gasteiger partial charge is 0.510 e. The highest BCUT2D eigenvalue weighted by atomic mass is 31.2. The Hall–Kier alpha value is -3.04. The third-order valence-electron chi connectivity index (χ3n) is 4.27. The quantitative estimate of drug-likeness (QED) is 0.178. The van der Waals surface area contributed by atoms with E-state index in [1.807, 2.05) is 0 Å². The maximum Gasteiger partial charge on any atom is 0.510 e. The number of hydrogen-bond donors (Lipinski definition) is 1. The van der Waals surface area contributed by atoms with Gasteiger partial charge in [-0.1, -0.05) is 0 Å². The molecule has 0 aliphatic heterocycles. The molecule has 2 heterocycles. The first-order valence-corrected chi connectivity index (χ1v) is 13.3. The van der Waals surface area contributed by atoms with Gasteiger partial charge in [0.2, 0.25) is 13.6 Å². The number of anilines is 1. The van der Waals surface area contributed by atoms with E-state index in [2.05, 4.69) is 20.3 Å². The zero-order valence-electron chi connectivity index (χ0n) is 22.1. The molecule has 17 heteroatoms. The average molecular weight is 564 g/mol. The highest BCUT2D eigenvalue weighted by Crippen LogP contribution is 2.48. The van der Waals surface area contributed by atoms with Crippen LogP contribution in [-0.2, 0) is 48.6 Å². The van der Waals surface area contributed by atoms with Crippen LogP contribution in [0, 0.1) is 0 Å². The van der Waals surface area contributed by atoms with E-state index in [-0.39, 0.29) is 13.3 Å². The molecule has 0 unspecified atom stereocenters. The minimum absolute atomic E-state index is 0.242. The number of carbonyl (C=O) groups excluding carboxylic acids is 2. The Labute approximate surface area is 219 Å². The second kappa shape index (κ2) is 15.4. The van der Waals surface area contributed by atoms with Crippen molar-refractivity contribution in [1.29, 1.82) is 0 Å². The lowest BCUT2D eigenvalue weighted by atomic mass is 10.4. The molecule has 38 heavy (non-hydrogen) atoms. The molecular weight excluding hydrogens is 529 g/mol.